The maximum Gasteiger partial charge on any atom is 0.338 e. The lowest BCUT2D eigenvalue weighted by atomic mass is 10.2. The normalized spacial score (nSPS) is 13.2. The number of hydrogen-bond acceptors (Lipinski definition) is 7. The van der Waals surface area contributed by atoms with Gasteiger partial charge in [-0.15, -0.1) is 0 Å². The highest BCUT2D eigenvalue weighted by Gasteiger charge is 2.39. The third-order valence-electron chi connectivity index (χ3n) is 5.54. The number of furan rings is 1. The van der Waals surface area contributed by atoms with Crippen molar-refractivity contribution in [3.8, 4) is 0 Å². The zero-order valence-corrected chi connectivity index (χ0v) is 20.7. The van der Waals surface area contributed by atoms with E-state index in [2.05, 4.69) is 10.6 Å². The number of rotatable bonds is 10. The molecule has 4 rings (SSSR count). The first-order valence-corrected chi connectivity index (χ1v) is 12.0. The Morgan fingerprint density at radius 3 is 2.32 bits per heavy atom. The quantitative estimate of drug-likeness (QED) is 0.227. The lowest BCUT2D eigenvalue weighted by Crippen LogP contribution is -2.32. The van der Waals surface area contributed by atoms with Crippen LogP contribution < -0.4 is 15.5 Å². The molecule has 0 saturated heterocycles. The van der Waals surface area contributed by atoms with Gasteiger partial charge in [-0.25, -0.2) is 9.69 Å². The van der Waals surface area contributed by atoms with Crippen LogP contribution in [0.4, 0.5) is 11.4 Å². The molecule has 1 aliphatic heterocycles. The van der Waals surface area contributed by atoms with E-state index in [4.69, 9.17) is 20.8 Å². The molecule has 2 N–H and O–H groups in total. The van der Waals surface area contributed by atoms with Crippen molar-refractivity contribution in [2.24, 2.45) is 0 Å². The fraction of sp³-hybridized carbons (Fsp3) is 0.185. The van der Waals surface area contributed by atoms with Crippen LogP contribution in [0.1, 0.15) is 46.2 Å². The highest BCUT2D eigenvalue weighted by atomic mass is 35.5. The fourth-order valence-electron chi connectivity index (χ4n) is 3.52. The van der Waals surface area contributed by atoms with Crippen molar-refractivity contribution in [1.29, 1.82) is 0 Å². The highest BCUT2D eigenvalue weighted by molar-refractivity contribution is 6.53. The van der Waals surface area contributed by atoms with Crippen LogP contribution in [0.2, 0.25) is 0 Å². The van der Waals surface area contributed by atoms with Gasteiger partial charge in [0.2, 0.25) is 0 Å². The van der Waals surface area contributed by atoms with E-state index >= 15 is 0 Å². The van der Waals surface area contributed by atoms with Crippen molar-refractivity contribution in [1.82, 2.24) is 5.32 Å². The zero-order valence-electron chi connectivity index (χ0n) is 20.0. The average Bonchev–Trinajstić information content (AvgIpc) is 3.51. The molecule has 0 saturated carbocycles. The molecule has 37 heavy (non-hydrogen) atoms. The predicted octanol–water partition coefficient (Wildman–Crippen LogP) is 4.60. The summed E-state index contributed by atoms with van der Waals surface area (Å²) in [6, 6.07) is 15.8. The molecule has 1 aliphatic rings. The third-order valence-corrected chi connectivity index (χ3v) is 5.89. The summed E-state index contributed by atoms with van der Waals surface area (Å²) in [7, 11) is 0. The Hall–Kier alpha value is -4.37. The van der Waals surface area contributed by atoms with Gasteiger partial charge in [-0.1, -0.05) is 24.9 Å². The number of anilines is 2. The van der Waals surface area contributed by atoms with Gasteiger partial charge in [0.1, 0.15) is 16.5 Å². The number of carbonyl (C=O) groups excluding carboxylic acids is 4. The second-order valence-electron chi connectivity index (χ2n) is 8.14. The molecular weight excluding hydrogens is 498 g/mol. The molecule has 3 amide bonds. The minimum Gasteiger partial charge on any atom is -0.467 e. The lowest BCUT2D eigenvalue weighted by Gasteiger charge is -2.15. The summed E-state index contributed by atoms with van der Waals surface area (Å²) < 4.78 is 10.4. The summed E-state index contributed by atoms with van der Waals surface area (Å²) in [5.41, 5.74) is 1.35. The predicted molar refractivity (Wildman–Crippen MR) is 137 cm³/mol. The van der Waals surface area contributed by atoms with Crippen molar-refractivity contribution >= 4 is 46.7 Å². The lowest BCUT2D eigenvalue weighted by molar-refractivity contribution is -0.120. The van der Waals surface area contributed by atoms with Crippen LogP contribution in [-0.4, -0.2) is 30.3 Å². The summed E-state index contributed by atoms with van der Waals surface area (Å²) in [6.07, 6.45) is 3.20. The SMILES string of the molecule is CCCCOC(=O)c1ccc(N2C(=O)C(Cl)=C(Nc3ccc(C(=O)NCc4ccco4)cc3)C2=O)cc1. The van der Waals surface area contributed by atoms with Crippen molar-refractivity contribution in [3.05, 3.63) is 94.5 Å². The monoisotopic (exact) mass is 521 g/mol. The number of halogens is 1. The Morgan fingerprint density at radius 1 is 0.973 bits per heavy atom. The van der Waals surface area contributed by atoms with Gasteiger partial charge in [0.05, 0.1) is 30.7 Å². The number of nitrogens with one attached hydrogen (secondary N) is 2. The van der Waals surface area contributed by atoms with Crippen LogP contribution in [-0.2, 0) is 20.9 Å². The molecule has 2 aromatic carbocycles. The number of hydrogen-bond donors (Lipinski definition) is 2. The number of benzene rings is 2. The molecule has 0 bridgehead atoms. The highest BCUT2D eigenvalue weighted by Crippen LogP contribution is 2.30. The Balaban J connectivity index is 1.39. The summed E-state index contributed by atoms with van der Waals surface area (Å²) in [5, 5.41) is 5.34. The molecule has 2 heterocycles. The van der Waals surface area contributed by atoms with Crippen LogP contribution in [0.5, 0.6) is 0 Å². The number of unbranched alkanes of at least 4 members (excludes halogenated alkanes) is 1. The Morgan fingerprint density at radius 2 is 1.68 bits per heavy atom. The minimum absolute atomic E-state index is 0.0928. The smallest absolute Gasteiger partial charge is 0.338 e. The van der Waals surface area contributed by atoms with Gasteiger partial charge in [0, 0.05) is 11.3 Å². The van der Waals surface area contributed by atoms with Crippen LogP contribution in [0, 0.1) is 0 Å². The van der Waals surface area contributed by atoms with Gasteiger partial charge < -0.3 is 19.8 Å². The molecule has 0 atom stereocenters. The number of imide groups is 1. The number of amides is 3. The van der Waals surface area contributed by atoms with Crippen molar-refractivity contribution in [2.75, 3.05) is 16.8 Å². The standard InChI is InChI=1S/C27H24ClN3O6/c1-2-3-14-37-27(35)18-8-12-20(13-9-18)31-25(33)22(28)23(26(31)34)30-19-10-6-17(7-11-19)24(32)29-16-21-5-4-15-36-21/h4-13,15,30H,2-3,14,16H2,1H3,(H,29,32). The second-order valence-corrected chi connectivity index (χ2v) is 8.51. The average molecular weight is 522 g/mol. The van der Waals surface area contributed by atoms with E-state index in [1.165, 1.54) is 30.5 Å². The zero-order chi connectivity index (χ0) is 26.4. The molecule has 3 aromatic rings. The molecule has 190 valence electrons. The van der Waals surface area contributed by atoms with Gasteiger partial charge >= 0.3 is 5.97 Å². The Labute approximate surface area is 218 Å². The Kier molecular flexibility index (Phi) is 8.05. The van der Waals surface area contributed by atoms with Crippen LogP contribution in [0.3, 0.4) is 0 Å². The molecule has 9 nitrogen and oxygen atoms in total. The fourth-order valence-corrected chi connectivity index (χ4v) is 3.73. The van der Waals surface area contributed by atoms with E-state index < -0.39 is 17.8 Å². The van der Waals surface area contributed by atoms with Gasteiger partial charge in [-0.3, -0.25) is 14.4 Å². The van der Waals surface area contributed by atoms with E-state index in [0.717, 1.165) is 17.7 Å². The summed E-state index contributed by atoms with van der Waals surface area (Å²) in [5.74, 6) is -1.48. The number of nitrogens with zero attached hydrogens (tertiary/aromatic N) is 1. The van der Waals surface area contributed by atoms with Gasteiger partial charge in [-0.2, -0.15) is 0 Å². The third kappa shape index (κ3) is 5.90. The molecule has 1 aromatic heterocycles. The number of carbonyl (C=O) groups is 4. The number of esters is 1. The number of ether oxygens (including phenoxy) is 1. The Bertz CT molecular complexity index is 1330. The first-order valence-electron chi connectivity index (χ1n) is 11.6. The van der Waals surface area contributed by atoms with Crippen LogP contribution in [0.25, 0.3) is 0 Å². The maximum atomic E-state index is 13.0. The van der Waals surface area contributed by atoms with E-state index in [-0.39, 0.29) is 28.9 Å². The summed E-state index contributed by atoms with van der Waals surface area (Å²) in [4.78, 5) is 51.1. The maximum absolute atomic E-state index is 13.0. The molecular formula is C27H24ClN3O6. The van der Waals surface area contributed by atoms with Gasteiger partial charge in [-0.05, 0) is 67.1 Å². The van der Waals surface area contributed by atoms with E-state index in [1.54, 1.807) is 36.4 Å². The van der Waals surface area contributed by atoms with Crippen LogP contribution in [0.15, 0.2) is 82.1 Å². The van der Waals surface area contributed by atoms with E-state index in [0.29, 0.717) is 29.2 Å². The molecule has 0 aliphatic carbocycles. The minimum atomic E-state index is -0.693. The van der Waals surface area contributed by atoms with E-state index in [9.17, 15) is 19.2 Å². The molecule has 0 radical (unpaired) electrons. The van der Waals surface area contributed by atoms with Crippen molar-refractivity contribution in [3.63, 3.8) is 0 Å². The van der Waals surface area contributed by atoms with Crippen LogP contribution >= 0.6 is 11.6 Å². The van der Waals surface area contributed by atoms with Crippen molar-refractivity contribution in [2.45, 2.75) is 26.3 Å². The topological polar surface area (TPSA) is 118 Å². The second kappa shape index (κ2) is 11.6. The van der Waals surface area contributed by atoms with E-state index in [1.807, 2.05) is 6.92 Å². The first kappa shape index (κ1) is 25.7. The van der Waals surface area contributed by atoms with Gasteiger partial charge in [0.25, 0.3) is 17.7 Å². The molecule has 0 spiro atoms. The summed E-state index contributed by atoms with van der Waals surface area (Å²) in [6.45, 7) is 2.57. The summed E-state index contributed by atoms with van der Waals surface area (Å²) >= 11 is 6.20. The largest absolute Gasteiger partial charge is 0.467 e. The van der Waals surface area contributed by atoms with Gasteiger partial charge in [0.15, 0.2) is 0 Å². The molecule has 0 unspecified atom stereocenters. The molecule has 10 heteroatoms. The van der Waals surface area contributed by atoms with Crippen molar-refractivity contribution < 1.29 is 28.3 Å². The first-order chi connectivity index (χ1) is 17.9. The molecule has 0 fully saturated rings.